The lowest BCUT2D eigenvalue weighted by molar-refractivity contribution is -0.0494. The maximum absolute atomic E-state index is 14.3. The molecule has 1 amide bonds. The van der Waals surface area contributed by atoms with E-state index in [2.05, 4.69) is 20.2 Å². The molecule has 1 saturated heterocycles. The van der Waals surface area contributed by atoms with Gasteiger partial charge in [-0.3, -0.25) is 4.79 Å². The van der Waals surface area contributed by atoms with Gasteiger partial charge in [-0.15, -0.1) is 10.2 Å². The fraction of sp³-hybridized carbons (Fsp3) is 0.238. The molecule has 4 heterocycles. The van der Waals surface area contributed by atoms with Crippen molar-refractivity contribution in [1.29, 1.82) is 0 Å². The lowest BCUT2D eigenvalue weighted by atomic mass is 10.1. The molecular weight excluding hydrogens is 409 g/mol. The fourth-order valence-corrected chi connectivity index (χ4v) is 3.75. The number of hydrogen-bond acceptors (Lipinski definition) is 4. The number of halogens is 3. The van der Waals surface area contributed by atoms with Crippen molar-refractivity contribution < 1.29 is 18.0 Å². The Bertz CT molecular complexity index is 1260. The number of H-pyrrole nitrogens is 1. The minimum absolute atomic E-state index is 0.0187. The molecule has 0 saturated carbocycles. The predicted molar refractivity (Wildman–Crippen MR) is 106 cm³/mol. The number of carbonyl (C=O) groups excluding carboxylic acids is 1. The summed E-state index contributed by atoms with van der Waals surface area (Å²) in [4.78, 5) is 21.4. The first kappa shape index (κ1) is 19.3. The topological polar surface area (TPSA) is 79.7 Å². The van der Waals surface area contributed by atoms with Gasteiger partial charge in [-0.2, -0.15) is 0 Å². The molecule has 5 rings (SSSR count). The molecule has 31 heavy (non-hydrogen) atoms. The first-order valence-electron chi connectivity index (χ1n) is 9.72. The van der Waals surface area contributed by atoms with E-state index in [1.165, 1.54) is 23.5 Å². The summed E-state index contributed by atoms with van der Waals surface area (Å²) in [5.41, 5.74) is 1.85. The van der Waals surface area contributed by atoms with Crippen molar-refractivity contribution in [3.8, 4) is 17.1 Å². The molecule has 0 unspecified atom stereocenters. The Morgan fingerprint density at radius 3 is 2.68 bits per heavy atom. The van der Waals surface area contributed by atoms with Gasteiger partial charge >= 0.3 is 0 Å². The minimum Gasteiger partial charge on any atom is -0.338 e. The van der Waals surface area contributed by atoms with E-state index in [1.54, 1.807) is 35.0 Å². The van der Waals surface area contributed by atoms with Gasteiger partial charge in [0.05, 0.1) is 11.1 Å². The summed E-state index contributed by atoms with van der Waals surface area (Å²) in [6.07, 6.45) is 3.92. The highest BCUT2D eigenvalue weighted by molar-refractivity contribution is 5.97. The summed E-state index contributed by atoms with van der Waals surface area (Å²) in [5, 5.41) is 8.25. The van der Waals surface area contributed by atoms with Crippen LogP contribution in [0.3, 0.4) is 0 Å². The van der Waals surface area contributed by atoms with Crippen LogP contribution >= 0.6 is 0 Å². The number of pyridine rings is 1. The second-order valence-electron chi connectivity index (χ2n) is 7.47. The van der Waals surface area contributed by atoms with Crippen molar-refractivity contribution in [1.82, 2.24) is 29.6 Å². The molecule has 0 spiro atoms. The van der Waals surface area contributed by atoms with Gasteiger partial charge in [0.15, 0.2) is 5.82 Å². The highest BCUT2D eigenvalue weighted by Gasteiger charge is 2.35. The number of hydrogen-bond donors (Lipinski definition) is 1. The van der Waals surface area contributed by atoms with Gasteiger partial charge < -0.3 is 14.5 Å². The normalized spacial score (nSPS) is 16.0. The number of piperidine rings is 1. The molecule has 7 nitrogen and oxygen atoms in total. The molecule has 3 aromatic heterocycles. The molecule has 1 aromatic carbocycles. The van der Waals surface area contributed by atoms with Crippen molar-refractivity contribution in [2.45, 2.75) is 18.8 Å². The summed E-state index contributed by atoms with van der Waals surface area (Å²) in [6, 6.07) is 8.06. The molecule has 1 aliphatic rings. The minimum atomic E-state index is -2.71. The van der Waals surface area contributed by atoms with Crippen LogP contribution in [0.1, 0.15) is 23.2 Å². The number of alkyl halides is 2. The molecule has 0 atom stereocenters. The van der Waals surface area contributed by atoms with Crippen LogP contribution in [0, 0.1) is 5.82 Å². The molecule has 1 aliphatic heterocycles. The first-order valence-corrected chi connectivity index (χ1v) is 9.72. The zero-order chi connectivity index (χ0) is 21.6. The zero-order valence-electron chi connectivity index (χ0n) is 16.2. The van der Waals surface area contributed by atoms with Crippen LogP contribution < -0.4 is 0 Å². The zero-order valence-corrected chi connectivity index (χ0v) is 16.2. The second kappa shape index (κ2) is 7.22. The van der Waals surface area contributed by atoms with Crippen LogP contribution in [0.2, 0.25) is 0 Å². The lowest BCUT2D eigenvalue weighted by Crippen LogP contribution is -2.42. The molecule has 158 valence electrons. The summed E-state index contributed by atoms with van der Waals surface area (Å²) < 4.78 is 42.8. The summed E-state index contributed by atoms with van der Waals surface area (Å²) in [7, 11) is 0. The molecule has 1 fully saturated rings. The molecule has 10 heteroatoms. The van der Waals surface area contributed by atoms with Gasteiger partial charge in [-0.25, -0.2) is 18.2 Å². The Morgan fingerprint density at radius 1 is 1.13 bits per heavy atom. The van der Waals surface area contributed by atoms with E-state index < -0.39 is 11.7 Å². The maximum Gasteiger partial charge on any atom is 0.255 e. The molecule has 4 aromatic rings. The van der Waals surface area contributed by atoms with E-state index in [-0.39, 0.29) is 37.4 Å². The first-order chi connectivity index (χ1) is 14.9. The number of likely N-dealkylation sites (tertiary alicyclic amines) is 1. The molecule has 0 radical (unpaired) electrons. The standard InChI is InChI=1S/C21H17F3N6O/c22-17-2-1-15(10-16(17)18-26-12-27-28-18)30-6-3-13-9-14(11-25-19(13)30)20(31)29-7-4-21(23,24)5-8-29/h1-3,6,9-12H,4-5,7-8H2,(H,26,27,28). The third-order valence-electron chi connectivity index (χ3n) is 5.46. The van der Waals surface area contributed by atoms with Crippen LogP contribution in [0.4, 0.5) is 13.2 Å². The van der Waals surface area contributed by atoms with E-state index >= 15 is 0 Å². The lowest BCUT2D eigenvalue weighted by Gasteiger charge is -2.31. The number of aromatic nitrogens is 5. The van der Waals surface area contributed by atoms with E-state index in [1.807, 2.05) is 0 Å². The van der Waals surface area contributed by atoms with Crippen LogP contribution in [0.5, 0.6) is 0 Å². The number of carbonyl (C=O) groups is 1. The second-order valence-corrected chi connectivity index (χ2v) is 7.47. The summed E-state index contributed by atoms with van der Waals surface area (Å²) in [5.74, 6) is -3.16. The van der Waals surface area contributed by atoms with Gasteiger partial charge in [0.1, 0.15) is 17.8 Å². The Hall–Kier alpha value is -3.69. The SMILES string of the molecule is O=C(c1cnc2c(ccn2-c2ccc(F)c(-c3nnc[nH]3)c2)c1)N1CCC(F)(F)CC1. The van der Waals surface area contributed by atoms with Crippen LogP contribution in [0.15, 0.2) is 49.1 Å². The Labute approximate surface area is 174 Å². The number of fused-ring (bicyclic) bond motifs is 1. The number of aromatic amines is 1. The molecule has 1 N–H and O–H groups in total. The largest absolute Gasteiger partial charge is 0.338 e. The predicted octanol–water partition coefficient (Wildman–Crippen LogP) is 3.82. The van der Waals surface area contributed by atoms with Gasteiger partial charge in [0.25, 0.3) is 11.8 Å². The van der Waals surface area contributed by atoms with Crippen molar-refractivity contribution in [3.05, 3.63) is 60.4 Å². The number of amides is 1. The highest BCUT2D eigenvalue weighted by Crippen LogP contribution is 2.29. The summed E-state index contributed by atoms with van der Waals surface area (Å²) >= 11 is 0. The third-order valence-corrected chi connectivity index (χ3v) is 5.46. The number of rotatable bonds is 3. The van der Waals surface area contributed by atoms with Crippen molar-refractivity contribution in [2.75, 3.05) is 13.1 Å². The smallest absolute Gasteiger partial charge is 0.255 e. The molecular formula is C21H17F3N6O. The van der Waals surface area contributed by atoms with Gasteiger partial charge in [0.2, 0.25) is 0 Å². The Kier molecular flexibility index (Phi) is 4.49. The van der Waals surface area contributed by atoms with Crippen molar-refractivity contribution >= 4 is 16.9 Å². The average molecular weight is 426 g/mol. The molecule has 0 bridgehead atoms. The number of benzene rings is 1. The average Bonchev–Trinajstić information content (AvgIpc) is 3.43. The number of nitrogens with one attached hydrogen (secondary N) is 1. The number of nitrogens with zero attached hydrogens (tertiary/aromatic N) is 5. The van der Waals surface area contributed by atoms with Gasteiger partial charge in [-0.1, -0.05) is 0 Å². The fourth-order valence-electron chi connectivity index (χ4n) is 3.75. The Balaban J connectivity index is 1.45. The van der Waals surface area contributed by atoms with E-state index in [9.17, 15) is 18.0 Å². The third kappa shape index (κ3) is 3.54. The van der Waals surface area contributed by atoms with Crippen molar-refractivity contribution in [3.63, 3.8) is 0 Å². The van der Waals surface area contributed by atoms with Crippen LogP contribution in [-0.4, -0.2) is 54.6 Å². The van der Waals surface area contributed by atoms with E-state index in [0.29, 0.717) is 28.1 Å². The Morgan fingerprint density at radius 2 is 1.94 bits per heavy atom. The maximum atomic E-state index is 14.3. The summed E-state index contributed by atoms with van der Waals surface area (Å²) in [6.45, 7) is 0.0375. The quantitative estimate of drug-likeness (QED) is 0.540. The van der Waals surface area contributed by atoms with Gasteiger partial charge in [-0.05, 0) is 30.3 Å². The monoisotopic (exact) mass is 426 g/mol. The highest BCUT2D eigenvalue weighted by atomic mass is 19.3. The van der Waals surface area contributed by atoms with E-state index in [0.717, 1.165) is 0 Å². The van der Waals surface area contributed by atoms with Gasteiger partial charge in [0, 0.05) is 49.4 Å². The van der Waals surface area contributed by atoms with Crippen LogP contribution in [-0.2, 0) is 0 Å². The van der Waals surface area contributed by atoms with E-state index in [4.69, 9.17) is 0 Å². The van der Waals surface area contributed by atoms with Crippen LogP contribution in [0.25, 0.3) is 28.1 Å². The molecule has 0 aliphatic carbocycles. The van der Waals surface area contributed by atoms with Crippen molar-refractivity contribution in [2.24, 2.45) is 0 Å².